The molecule has 0 aromatic heterocycles. The second-order valence-electron chi connectivity index (χ2n) is 5.18. The van der Waals surface area contributed by atoms with Gasteiger partial charge in [0.2, 0.25) is 0 Å². The van der Waals surface area contributed by atoms with Gasteiger partial charge in [-0.15, -0.1) is 0 Å². The van der Waals surface area contributed by atoms with E-state index in [0.29, 0.717) is 0 Å². The van der Waals surface area contributed by atoms with Crippen molar-refractivity contribution in [1.29, 1.82) is 0 Å². The molecule has 92 valence electrons. The van der Waals surface area contributed by atoms with Crippen molar-refractivity contribution >= 4 is 27.6 Å². The molecule has 0 amide bonds. The molecule has 3 nitrogen and oxygen atoms in total. The fourth-order valence-corrected chi connectivity index (χ4v) is 2.04. The van der Waals surface area contributed by atoms with E-state index in [4.69, 9.17) is 4.74 Å². The lowest BCUT2D eigenvalue weighted by molar-refractivity contribution is -0.153. The van der Waals surface area contributed by atoms with Crippen LogP contribution in [0.25, 0.3) is 0 Å². The average Bonchev–Trinajstić information content (AvgIpc) is 2.94. The molecule has 0 radical (unpaired) electrons. The van der Waals surface area contributed by atoms with Crippen LogP contribution in [0.1, 0.15) is 20.8 Å². The summed E-state index contributed by atoms with van der Waals surface area (Å²) < 4.78 is 6.37. The lowest BCUT2D eigenvalue weighted by Gasteiger charge is -2.19. The molecule has 0 aliphatic carbocycles. The number of benzene rings is 1. The van der Waals surface area contributed by atoms with Gasteiger partial charge in [-0.3, -0.25) is 0 Å². The van der Waals surface area contributed by atoms with Crippen LogP contribution in [0.5, 0.6) is 0 Å². The van der Waals surface area contributed by atoms with Gasteiger partial charge in [-0.05, 0) is 39.0 Å². The summed E-state index contributed by atoms with van der Waals surface area (Å²) in [6, 6.07) is 7.81. The second-order valence-corrected chi connectivity index (χ2v) is 6.10. The molecule has 0 spiro atoms. The average molecular weight is 298 g/mol. The van der Waals surface area contributed by atoms with Crippen LogP contribution in [0.4, 0.5) is 5.69 Å². The molecular weight excluding hydrogens is 282 g/mol. The molecule has 0 unspecified atom stereocenters. The fourth-order valence-electron chi connectivity index (χ4n) is 1.65. The molecule has 1 aliphatic rings. The highest BCUT2D eigenvalue weighted by Gasteiger charge is 2.43. The maximum atomic E-state index is 11.8. The third kappa shape index (κ3) is 3.22. The normalized spacial score (nSPS) is 19.1. The van der Waals surface area contributed by atoms with E-state index >= 15 is 0 Å². The highest BCUT2D eigenvalue weighted by molar-refractivity contribution is 9.10. The van der Waals surface area contributed by atoms with Crippen LogP contribution < -0.4 is 4.90 Å². The Hall–Kier alpha value is -1.03. The summed E-state index contributed by atoms with van der Waals surface area (Å²) in [6.07, 6.45) is 0. The SMILES string of the molecule is CC(C)(C)OC(=O)[C@H]1CN1c1cccc(Br)c1. The molecule has 1 heterocycles. The Morgan fingerprint density at radius 2 is 2.18 bits per heavy atom. The maximum Gasteiger partial charge on any atom is 0.331 e. The topological polar surface area (TPSA) is 29.3 Å². The van der Waals surface area contributed by atoms with Crippen molar-refractivity contribution in [1.82, 2.24) is 0 Å². The largest absolute Gasteiger partial charge is 0.458 e. The summed E-state index contributed by atoms with van der Waals surface area (Å²) in [6.45, 7) is 6.40. The quantitative estimate of drug-likeness (QED) is 0.621. The number of hydrogen-bond donors (Lipinski definition) is 0. The van der Waals surface area contributed by atoms with Crippen LogP contribution >= 0.6 is 15.9 Å². The maximum absolute atomic E-state index is 11.8. The molecule has 1 aromatic carbocycles. The Labute approximate surface area is 110 Å². The highest BCUT2D eigenvalue weighted by Crippen LogP contribution is 2.31. The van der Waals surface area contributed by atoms with Gasteiger partial charge in [-0.25, -0.2) is 4.79 Å². The number of halogens is 1. The number of ether oxygens (including phenoxy) is 1. The third-order valence-corrected chi connectivity index (χ3v) is 2.92. The Morgan fingerprint density at radius 1 is 1.47 bits per heavy atom. The van der Waals surface area contributed by atoms with Crippen LogP contribution in [0.2, 0.25) is 0 Å². The van der Waals surface area contributed by atoms with Crippen molar-refractivity contribution in [2.75, 3.05) is 11.4 Å². The predicted molar refractivity (Wildman–Crippen MR) is 71.1 cm³/mol. The smallest absolute Gasteiger partial charge is 0.331 e. The number of carbonyl (C=O) groups excluding carboxylic acids is 1. The lowest BCUT2D eigenvalue weighted by Crippen LogP contribution is -2.28. The monoisotopic (exact) mass is 297 g/mol. The van der Waals surface area contributed by atoms with Crippen molar-refractivity contribution in [3.05, 3.63) is 28.7 Å². The highest BCUT2D eigenvalue weighted by atomic mass is 79.9. The number of nitrogens with zero attached hydrogens (tertiary/aromatic N) is 1. The summed E-state index contributed by atoms with van der Waals surface area (Å²) in [5.41, 5.74) is 0.637. The van der Waals surface area contributed by atoms with E-state index in [2.05, 4.69) is 15.9 Å². The van der Waals surface area contributed by atoms with Crippen molar-refractivity contribution in [3.63, 3.8) is 0 Å². The van der Waals surface area contributed by atoms with Crippen LogP contribution in [0, 0.1) is 0 Å². The van der Waals surface area contributed by atoms with Gasteiger partial charge < -0.3 is 9.64 Å². The minimum atomic E-state index is -0.414. The van der Waals surface area contributed by atoms with E-state index in [1.807, 2.05) is 49.9 Å². The van der Waals surface area contributed by atoms with Crippen molar-refractivity contribution < 1.29 is 9.53 Å². The molecule has 0 N–H and O–H groups in total. The first-order valence-corrected chi connectivity index (χ1v) is 6.41. The standard InChI is InChI=1S/C13H16BrNO2/c1-13(2,3)17-12(16)11-8-15(11)10-6-4-5-9(14)7-10/h4-7,11H,8H2,1-3H3/t11-,15?/m1/s1. The molecule has 2 rings (SSSR count). The summed E-state index contributed by atoms with van der Waals surface area (Å²) >= 11 is 3.42. The minimum Gasteiger partial charge on any atom is -0.458 e. The summed E-state index contributed by atoms with van der Waals surface area (Å²) in [4.78, 5) is 13.8. The Bertz CT molecular complexity index is 439. The van der Waals surface area contributed by atoms with Gasteiger partial charge in [-0.2, -0.15) is 0 Å². The number of rotatable bonds is 2. The summed E-state index contributed by atoms with van der Waals surface area (Å²) in [7, 11) is 0. The van der Waals surface area contributed by atoms with E-state index in [-0.39, 0.29) is 12.0 Å². The number of esters is 1. The molecular formula is C13H16BrNO2. The van der Waals surface area contributed by atoms with Crippen LogP contribution in [-0.4, -0.2) is 24.2 Å². The zero-order valence-electron chi connectivity index (χ0n) is 10.2. The van der Waals surface area contributed by atoms with Crippen molar-refractivity contribution in [2.24, 2.45) is 0 Å². The van der Waals surface area contributed by atoms with Gasteiger partial charge in [0.25, 0.3) is 0 Å². The Balaban J connectivity index is 1.99. The number of hydrogen-bond acceptors (Lipinski definition) is 3. The lowest BCUT2D eigenvalue weighted by atomic mass is 10.2. The van der Waals surface area contributed by atoms with Gasteiger partial charge in [0.1, 0.15) is 11.6 Å². The van der Waals surface area contributed by atoms with Gasteiger partial charge in [0.05, 0.1) is 6.54 Å². The molecule has 0 saturated carbocycles. The zero-order valence-corrected chi connectivity index (χ0v) is 11.8. The molecule has 1 atom stereocenters. The number of anilines is 1. The second kappa shape index (κ2) is 4.33. The molecule has 1 saturated heterocycles. The third-order valence-electron chi connectivity index (χ3n) is 2.43. The zero-order chi connectivity index (χ0) is 12.6. The molecule has 4 heteroatoms. The molecule has 0 bridgehead atoms. The molecule has 1 fully saturated rings. The van der Waals surface area contributed by atoms with Gasteiger partial charge in [0.15, 0.2) is 0 Å². The van der Waals surface area contributed by atoms with E-state index in [1.165, 1.54) is 0 Å². The van der Waals surface area contributed by atoms with Crippen molar-refractivity contribution in [3.8, 4) is 0 Å². The summed E-state index contributed by atoms with van der Waals surface area (Å²) in [5, 5.41) is 0. The van der Waals surface area contributed by atoms with Gasteiger partial charge in [-0.1, -0.05) is 22.0 Å². The first kappa shape index (κ1) is 12.4. The van der Waals surface area contributed by atoms with Crippen LogP contribution in [0.3, 0.4) is 0 Å². The van der Waals surface area contributed by atoms with Crippen LogP contribution in [-0.2, 0) is 9.53 Å². The predicted octanol–water partition coefficient (Wildman–Crippen LogP) is 2.98. The van der Waals surface area contributed by atoms with Crippen molar-refractivity contribution in [2.45, 2.75) is 32.4 Å². The fraction of sp³-hybridized carbons (Fsp3) is 0.462. The summed E-state index contributed by atoms with van der Waals surface area (Å²) in [5.74, 6) is -0.141. The van der Waals surface area contributed by atoms with Gasteiger partial charge >= 0.3 is 5.97 Å². The van der Waals surface area contributed by atoms with E-state index in [1.54, 1.807) is 0 Å². The first-order valence-electron chi connectivity index (χ1n) is 5.62. The molecule has 17 heavy (non-hydrogen) atoms. The Kier molecular flexibility index (Phi) is 3.17. The van der Waals surface area contributed by atoms with E-state index in [0.717, 1.165) is 16.7 Å². The van der Waals surface area contributed by atoms with E-state index < -0.39 is 5.60 Å². The minimum absolute atomic E-state index is 0.122. The molecule has 1 aromatic rings. The van der Waals surface area contributed by atoms with Crippen LogP contribution in [0.15, 0.2) is 28.7 Å². The van der Waals surface area contributed by atoms with Gasteiger partial charge in [0, 0.05) is 10.2 Å². The molecule has 1 aliphatic heterocycles. The number of carbonyl (C=O) groups is 1. The Morgan fingerprint density at radius 3 is 2.76 bits per heavy atom. The van der Waals surface area contributed by atoms with E-state index in [9.17, 15) is 4.79 Å². The first-order chi connectivity index (χ1) is 7.87.